The van der Waals surface area contributed by atoms with Crippen molar-refractivity contribution < 1.29 is 4.79 Å². The molecule has 0 unspecified atom stereocenters. The van der Waals surface area contributed by atoms with Crippen LogP contribution in [0.5, 0.6) is 0 Å². The van der Waals surface area contributed by atoms with Crippen molar-refractivity contribution in [3.05, 3.63) is 11.9 Å². The van der Waals surface area contributed by atoms with Crippen molar-refractivity contribution in [2.45, 2.75) is 51.6 Å². The number of nitrogens with two attached hydrogens (primary N) is 1. The summed E-state index contributed by atoms with van der Waals surface area (Å²) in [5.74, 6) is 0.901. The van der Waals surface area contributed by atoms with E-state index < -0.39 is 0 Å². The van der Waals surface area contributed by atoms with Gasteiger partial charge in [0.25, 0.3) is 0 Å². The molecule has 0 radical (unpaired) electrons. The minimum absolute atomic E-state index is 0.105. The largest absolute Gasteiger partial charge is 0.341 e. The monoisotopic (exact) mass is 279 g/mol. The van der Waals surface area contributed by atoms with Gasteiger partial charge in [0.05, 0.1) is 5.69 Å². The van der Waals surface area contributed by atoms with Crippen LogP contribution < -0.4 is 5.73 Å². The standard InChI is InChI=1S/C14H25N5O/c1-11-3-5-13(6-4-11)18(2)14(20)10-19-9-12(7-8-15)16-17-19/h9,11,13H,3-8,10,15H2,1-2H3. The van der Waals surface area contributed by atoms with Crippen molar-refractivity contribution >= 4 is 5.91 Å². The average Bonchev–Trinajstić information content (AvgIpc) is 2.86. The second-order valence-corrected chi connectivity index (χ2v) is 5.86. The summed E-state index contributed by atoms with van der Waals surface area (Å²) >= 11 is 0. The van der Waals surface area contributed by atoms with Gasteiger partial charge in [-0.2, -0.15) is 0 Å². The summed E-state index contributed by atoms with van der Waals surface area (Å²) in [6, 6.07) is 0.380. The van der Waals surface area contributed by atoms with Crippen molar-refractivity contribution in [3.8, 4) is 0 Å². The van der Waals surface area contributed by atoms with Crippen LogP contribution in [0.25, 0.3) is 0 Å². The summed E-state index contributed by atoms with van der Waals surface area (Å²) in [6.07, 6.45) is 7.16. The van der Waals surface area contributed by atoms with Gasteiger partial charge in [-0.25, -0.2) is 4.68 Å². The van der Waals surface area contributed by atoms with Gasteiger partial charge in [0.1, 0.15) is 6.54 Å². The molecule has 0 atom stereocenters. The lowest BCUT2D eigenvalue weighted by Crippen LogP contribution is -2.41. The third-order valence-electron chi connectivity index (χ3n) is 4.21. The van der Waals surface area contributed by atoms with Crippen LogP contribution in [-0.2, 0) is 17.8 Å². The van der Waals surface area contributed by atoms with Crippen molar-refractivity contribution in [2.24, 2.45) is 11.7 Å². The summed E-state index contributed by atoms with van der Waals surface area (Å²) in [7, 11) is 1.90. The van der Waals surface area contributed by atoms with Gasteiger partial charge in [0.2, 0.25) is 5.91 Å². The summed E-state index contributed by atoms with van der Waals surface area (Å²) in [4.78, 5) is 14.2. The lowest BCUT2D eigenvalue weighted by Gasteiger charge is -2.33. The van der Waals surface area contributed by atoms with Crippen molar-refractivity contribution in [2.75, 3.05) is 13.6 Å². The van der Waals surface area contributed by atoms with Gasteiger partial charge >= 0.3 is 0 Å². The van der Waals surface area contributed by atoms with E-state index in [1.165, 1.54) is 12.8 Å². The number of nitrogens with zero attached hydrogens (tertiary/aromatic N) is 4. The van der Waals surface area contributed by atoms with Crippen molar-refractivity contribution in [1.82, 2.24) is 19.9 Å². The van der Waals surface area contributed by atoms with E-state index in [0.717, 1.165) is 24.5 Å². The third-order valence-corrected chi connectivity index (χ3v) is 4.21. The van der Waals surface area contributed by atoms with E-state index in [9.17, 15) is 4.79 Å². The van der Waals surface area contributed by atoms with Crippen LogP contribution in [0.1, 0.15) is 38.3 Å². The molecule has 0 saturated heterocycles. The first kappa shape index (κ1) is 15.0. The molecule has 2 rings (SSSR count). The van der Waals surface area contributed by atoms with Gasteiger partial charge in [-0.1, -0.05) is 12.1 Å². The molecule has 1 fully saturated rings. The van der Waals surface area contributed by atoms with E-state index in [2.05, 4.69) is 17.2 Å². The minimum Gasteiger partial charge on any atom is -0.341 e. The number of rotatable bonds is 5. The molecule has 1 amide bonds. The van der Waals surface area contributed by atoms with Crippen LogP contribution in [0.15, 0.2) is 6.20 Å². The van der Waals surface area contributed by atoms with Crippen LogP contribution >= 0.6 is 0 Å². The van der Waals surface area contributed by atoms with Crippen LogP contribution in [-0.4, -0.2) is 45.4 Å². The molecular formula is C14H25N5O. The fraction of sp³-hybridized carbons (Fsp3) is 0.786. The molecule has 0 bridgehead atoms. The zero-order valence-electron chi connectivity index (χ0n) is 12.5. The molecule has 112 valence electrons. The number of amides is 1. The maximum Gasteiger partial charge on any atom is 0.244 e. The Kier molecular flexibility index (Phi) is 5.11. The van der Waals surface area contributed by atoms with Crippen molar-refractivity contribution in [1.29, 1.82) is 0 Å². The van der Waals surface area contributed by atoms with Gasteiger partial charge in [-0.3, -0.25) is 4.79 Å². The Morgan fingerprint density at radius 1 is 1.45 bits per heavy atom. The molecule has 1 heterocycles. The molecule has 1 aliphatic rings. The van der Waals surface area contributed by atoms with E-state index in [-0.39, 0.29) is 12.5 Å². The molecule has 1 aromatic heterocycles. The number of likely N-dealkylation sites (N-methyl/N-ethyl adjacent to an activating group) is 1. The quantitative estimate of drug-likeness (QED) is 0.865. The van der Waals surface area contributed by atoms with E-state index in [1.807, 2.05) is 18.1 Å². The normalized spacial score (nSPS) is 22.8. The topological polar surface area (TPSA) is 77.0 Å². The summed E-state index contributed by atoms with van der Waals surface area (Å²) in [6.45, 7) is 3.10. The Balaban J connectivity index is 1.86. The van der Waals surface area contributed by atoms with Gasteiger partial charge in [0.15, 0.2) is 0 Å². The highest BCUT2D eigenvalue weighted by molar-refractivity contribution is 5.75. The molecule has 2 N–H and O–H groups in total. The molecule has 6 nitrogen and oxygen atoms in total. The highest BCUT2D eigenvalue weighted by atomic mass is 16.2. The molecule has 1 aromatic rings. The maximum atomic E-state index is 12.3. The van der Waals surface area contributed by atoms with Gasteiger partial charge < -0.3 is 10.6 Å². The summed E-state index contributed by atoms with van der Waals surface area (Å²) in [5.41, 5.74) is 6.32. The van der Waals surface area contributed by atoms with Crippen LogP contribution in [0.2, 0.25) is 0 Å². The Hall–Kier alpha value is -1.43. The molecular weight excluding hydrogens is 254 g/mol. The molecule has 0 aromatic carbocycles. The van der Waals surface area contributed by atoms with Crippen LogP contribution in [0, 0.1) is 5.92 Å². The molecule has 1 aliphatic carbocycles. The highest BCUT2D eigenvalue weighted by Gasteiger charge is 2.24. The van der Waals surface area contributed by atoms with Crippen LogP contribution in [0.4, 0.5) is 0 Å². The van der Waals surface area contributed by atoms with Gasteiger partial charge in [-0.05, 0) is 38.1 Å². The molecule has 1 saturated carbocycles. The third kappa shape index (κ3) is 3.79. The first-order chi connectivity index (χ1) is 9.60. The second-order valence-electron chi connectivity index (χ2n) is 5.86. The van der Waals surface area contributed by atoms with Crippen LogP contribution in [0.3, 0.4) is 0 Å². The predicted molar refractivity (Wildman–Crippen MR) is 77.0 cm³/mol. The first-order valence-electron chi connectivity index (χ1n) is 7.45. The molecule has 0 spiro atoms. The number of hydrogen-bond acceptors (Lipinski definition) is 4. The fourth-order valence-corrected chi connectivity index (χ4v) is 2.76. The first-order valence-corrected chi connectivity index (χ1v) is 7.45. The Bertz CT molecular complexity index is 437. The Labute approximate surface area is 120 Å². The van der Waals surface area contributed by atoms with E-state index >= 15 is 0 Å². The zero-order valence-corrected chi connectivity index (χ0v) is 12.5. The lowest BCUT2D eigenvalue weighted by molar-refractivity contribution is -0.133. The fourth-order valence-electron chi connectivity index (χ4n) is 2.76. The lowest BCUT2D eigenvalue weighted by atomic mass is 9.87. The molecule has 0 aliphatic heterocycles. The number of carbonyl (C=O) groups is 1. The van der Waals surface area contributed by atoms with E-state index in [0.29, 0.717) is 19.0 Å². The summed E-state index contributed by atoms with van der Waals surface area (Å²) < 4.78 is 1.61. The van der Waals surface area contributed by atoms with E-state index in [1.54, 1.807) is 4.68 Å². The molecule has 6 heteroatoms. The number of carbonyl (C=O) groups excluding carboxylic acids is 1. The van der Waals surface area contributed by atoms with Gasteiger partial charge in [-0.15, -0.1) is 5.10 Å². The summed E-state index contributed by atoms with van der Waals surface area (Å²) in [5, 5.41) is 7.98. The predicted octanol–water partition coefficient (Wildman–Crippen LogP) is 0.816. The smallest absolute Gasteiger partial charge is 0.244 e. The molecule has 20 heavy (non-hydrogen) atoms. The zero-order chi connectivity index (χ0) is 14.5. The van der Waals surface area contributed by atoms with E-state index in [4.69, 9.17) is 5.73 Å². The highest BCUT2D eigenvalue weighted by Crippen LogP contribution is 2.26. The Morgan fingerprint density at radius 2 is 2.15 bits per heavy atom. The maximum absolute atomic E-state index is 12.3. The number of hydrogen-bond donors (Lipinski definition) is 1. The minimum atomic E-state index is 0.105. The SMILES string of the molecule is CC1CCC(N(C)C(=O)Cn2cc(CCN)nn2)CC1. The Morgan fingerprint density at radius 3 is 2.80 bits per heavy atom. The van der Waals surface area contributed by atoms with Crippen molar-refractivity contribution in [3.63, 3.8) is 0 Å². The van der Waals surface area contributed by atoms with Gasteiger partial charge in [0, 0.05) is 25.7 Å². The average molecular weight is 279 g/mol. The number of aromatic nitrogens is 3. The second kappa shape index (κ2) is 6.83.